The van der Waals surface area contributed by atoms with E-state index >= 15 is 0 Å². The highest BCUT2D eigenvalue weighted by Crippen LogP contribution is 2.30. The molecule has 0 saturated carbocycles. The lowest BCUT2D eigenvalue weighted by Crippen LogP contribution is -2.21. The number of benzene rings is 2. The van der Waals surface area contributed by atoms with Gasteiger partial charge in [-0.2, -0.15) is 10.1 Å². The highest BCUT2D eigenvalue weighted by Gasteiger charge is 2.24. The van der Waals surface area contributed by atoms with Gasteiger partial charge >= 0.3 is 0 Å². The van der Waals surface area contributed by atoms with Crippen molar-refractivity contribution in [1.82, 2.24) is 19.9 Å². The predicted octanol–water partition coefficient (Wildman–Crippen LogP) is 5.14. The van der Waals surface area contributed by atoms with Crippen molar-refractivity contribution < 1.29 is 9.26 Å². The smallest absolute Gasteiger partial charge is 0.278 e. The van der Waals surface area contributed by atoms with Gasteiger partial charge in [-0.15, -0.1) is 0 Å². The topological polar surface area (TPSA) is 66.0 Å². The highest BCUT2D eigenvalue weighted by molar-refractivity contribution is 6.30. The van der Waals surface area contributed by atoms with E-state index in [4.69, 9.17) is 20.9 Å². The summed E-state index contributed by atoms with van der Waals surface area (Å²) in [5, 5.41) is 9.51. The first kappa shape index (κ1) is 18.1. The van der Waals surface area contributed by atoms with Crippen molar-refractivity contribution in [2.45, 2.75) is 33.1 Å². The van der Waals surface area contributed by atoms with Gasteiger partial charge in [-0.3, -0.25) is 4.68 Å². The molecule has 1 atom stereocenters. The Hall–Kier alpha value is -2.96. The zero-order valence-electron chi connectivity index (χ0n) is 16.1. The summed E-state index contributed by atoms with van der Waals surface area (Å²) in [5.74, 6) is 0.965. The van der Waals surface area contributed by atoms with Crippen LogP contribution in [-0.2, 0) is 17.9 Å². The number of fused-ring (bicyclic) bond motifs is 1. The molecule has 1 aliphatic heterocycles. The number of hydrogen-bond acceptors (Lipinski definition) is 5. The third-order valence-electron chi connectivity index (χ3n) is 5.29. The van der Waals surface area contributed by atoms with Gasteiger partial charge in [0.05, 0.1) is 18.8 Å². The number of ether oxygens (including phenoxy) is 1. The number of aryl methyl sites for hydroxylation is 2. The number of hydrogen-bond donors (Lipinski definition) is 0. The summed E-state index contributed by atoms with van der Waals surface area (Å²) >= 11 is 5.98. The van der Waals surface area contributed by atoms with Crippen LogP contribution in [0.25, 0.3) is 23.0 Å². The van der Waals surface area contributed by atoms with Gasteiger partial charge < -0.3 is 9.26 Å². The van der Waals surface area contributed by atoms with Crippen LogP contribution in [0.5, 0.6) is 0 Å². The van der Waals surface area contributed by atoms with Crippen LogP contribution < -0.4 is 0 Å². The molecule has 0 unspecified atom stereocenters. The normalized spacial score (nSPS) is 16.0. The molecule has 7 heteroatoms. The van der Waals surface area contributed by atoms with E-state index in [-0.39, 0.29) is 6.10 Å². The van der Waals surface area contributed by atoms with E-state index in [0.717, 1.165) is 16.8 Å². The van der Waals surface area contributed by atoms with Crippen molar-refractivity contribution in [3.05, 3.63) is 75.9 Å². The average molecular weight is 407 g/mol. The Balaban J connectivity index is 1.40. The van der Waals surface area contributed by atoms with Gasteiger partial charge in [0, 0.05) is 10.6 Å². The molecular weight excluding hydrogens is 388 g/mol. The Morgan fingerprint density at radius 3 is 2.66 bits per heavy atom. The maximum atomic E-state index is 6.01. The van der Waals surface area contributed by atoms with Gasteiger partial charge in [0.25, 0.3) is 5.89 Å². The fourth-order valence-electron chi connectivity index (χ4n) is 3.43. The molecule has 0 radical (unpaired) electrons. The summed E-state index contributed by atoms with van der Waals surface area (Å²) in [4.78, 5) is 4.54. The predicted molar refractivity (Wildman–Crippen MR) is 109 cm³/mol. The van der Waals surface area contributed by atoms with Gasteiger partial charge in [0.1, 0.15) is 6.10 Å². The van der Waals surface area contributed by atoms with Crippen molar-refractivity contribution in [3.63, 3.8) is 0 Å². The number of rotatable bonds is 3. The highest BCUT2D eigenvalue weighted by atomic mass is 35.5. The third-order valence-corrected chi connectivity index (χ3v) is 5.54. The maximum Gasteiger partial charge on any atom is 0.278 e. The Bertz CT molecular complexity index is 1180. The van der Waals surface area contributed by atoms with E-state index in [9.17, 15) is 0 Å². The first-order valence-electron chi connectivity index (χ1n) is 9.42. The summed E-state index contributed by atoms with van der Waals surface area (Å²) in [5.41, 5.74) is 6.07. The summed E-state index contributed by atoms with van der Waals surface area (Å²) in [6.45, 7) is 5.24. The lowest BCUT2D eigenvalue weighted by atomic mass is 10.1. The molecule has 0 N–H and O–H groups in total. The molecule has 3 heterocycles. The molecule has 29 heavy (non-hydrogen) atoms. The van der Waals surface area contributed by atoms with Crippen LogP contribution in [0.15, 0.2) is 53.1 Å². The molecule has 0 fully saturated rings. The second-order valence-electron chi connectivity index (χ2n) is 7.28. The molecule has 0 bridgehead atoms. The zero-order valence-corrected chi connectivity index (χ0v) is 16.8. The minimum absolute atomic E-state index is 0.0682. The SMILES string of the molecule is Cc1ccc(-c2noc(-c3cc4n(n3)C[C@H](c3ccc(Cl)cc3)OC4)n2)cc1C. The molecule has 0 aliphatic carbocycles. The Morgan fingerprint density at radius 2 is 1.86 bits per heavy atom. The molecular formula is C22H19ClN4O2. The van der Waals surface area contributed by atoms with Crippen LogP contribution in [0.1, 0.15) is 28.5 Å². The maximum absolute atomic E-state index is 6.01. The van der Waals surface area contributed by atoms with E-state index < -0.39 is 0 Å². The van der Waals surface area contributed by atoms with E-state index in [1.807, 2.05) is 41.1 Å². The third kappa shape index (κ3) is 3.45. The summed E-state index contributed by atoms with van der Waals surface area (Å²) in [7, 11) is 0. The first-order valence-corrected chi connectivity index (χ1v) is 9.80. The van der Waals surface area contributed by atoms with Gasteiger partial charge in [-0.1, -0.05) is 41.0 Å². The lowest BCUT2D eigenvalue weighted by molar-refractivity contribution is -0.00112. The molecule has 2 aromatic heterocycles. The van der Waals surface area contributed by atoms with Crippen LogP contribution in [0.3, 0.4) is 0 Å². The van der Waals surface area contributed by atoms with Gasteiger partial charge in [-0.05, 0) is 54.8 Å². The van der Waals surface area contributed by atoms with Gasteiger partial charge in [0.15, 0.2) is 5.69 Å². The van der Waals surface area contributed by atoms with Crippen molar-refractivity contribution in [3.8, 4) is 23.0 Å². The monoisotopic (exact) mass is 406 g/mol. The average Bonchev–Trinajstić information content (AvgIpc) is 3.37. The largest absolute Gasteiger partial charge is 0.365 e. The Kier molecular flexibility index (Phi) is 4.45. The fraction of sp³-hybridized carbons (Fsp3) is 0.227. The second-order valence-corrected chi connectivity index (χ2v) is 7.71. The quantitative estimate of drug-likeness (QED) is 0.471. The Morgan fingerprint density at radius 1 is 1.03 bits per heavy atom. The lowest BCUT2D eigenvalue weighted by Gasteiger charge is -2.24. The van der Waals surface area contributed by atoms with Crippen molar-refractivity contribution in [1.29, 1.82) is 0 Å². The van der Waals surface area contributed by atoms with Crippen LogP contribution >= 0.6 is 11.6 Å². The summed E-state index contributed by atoms with van der Waals surface area (Å²) in [6.07, 6.45) is -0.0682. The minimum Gasteiger partial charge on any atom is -0.365 e. The van der Waals surface area contributed by atoms with E-state index in [0.29, 0.717) is 35.6 Å². The summed E-state index contributed by atoms with van der Waals surface area (Å²) < 4.78 is 13.4. The van der Waals surface area contributed by atoms with Crippen molar-refractivity contribution >= 4 is 11.6 Å². The van der Waals surface area contributed by atoms with Crippen LogP contribution in [0.2, 0.25) is 5.02 Å². The van der Waals surface area contributed by atoms with Crippen LogP contribution in [0, 0.1) is 13.8 Å². The minimum atomic E-state index is -0.0682. The van der Waals surface area contributed by atoms with Crippen molar-refractivity contribution in [2.75, 3.05) is 0 Å². The van der Waals surface area contributed by atoms with E-state index in [1.165, 1.54) is 11.1 Å². The molecule has 5 rings (SSSR count). The molecule has 2 aromatic carbocycles. The number of aromatic nitrogens is 4. The molecule has 0 saturated heterocycles. The molecule has 1 aliphatic rings. The molecule has 146 valence electrons. The van der Waals surface area contributed by atoms with Gasteiger partial charge in [-0.25, -0.2) is 0 Å². The van der Waals surface area contributed by atoms with Crippen molar-refractivity contribution in [2.24, 2.45) is 0 Å². The first-order chi connectivity index (χ1) is 14.1. The molecule has 0 amide bonds. The fourth-order valence-corrected chi connectivity index (χ4v) is 3.56. The second kappa shape index (κ2) is 7.13. The molecule has 0 spiro atoms. The van der Waals surface area contributed by atoms with E-state index in [2.05, 4.69) is 41.2 Å². The zero-order chi connectivity index (χ0) is 20.0. The van der Waals surface area contributed by atoms with Crippen LogP contribution in [0.4, 0.5) is 0 Å². The summed E-state index contributed by atoms with van der Waals surface area (Å²) in [6, 6.07) is 15.8. The molecule has 6 nitrogen and oxygen atoms in total. The van der Waals surface area contributed by atoms with Crippen LogP contribution in [-0.4, -0.2) is 19.9 Å². The standard InChI is InChI=1S/C22H19ClN4O2/c1-13-3-4-16(9-14(13)2)21-24-22(29-26-21)19-10-18-12-28-20(11-27(18)25-19)15-5-7-17(23)8-6-15/h3-10,20H,11-12H2,1-2H3/t20-/m1/s1. The van der Waals surface area contributed by atoms with Gasteiger partial charge in [0.2, 0.25) is 5.82 Å². The number of nitrogens with zero attached hydrogens (tertiary/aromatic N) is 4. The Labute approximate surface area is 173 Å². The van der Waals surface area contributed by atoms with E-state index in [1.54, 1.807) is 0 Å². The molecule has 4 aromatic rings. The number of halogens is 1.